The predicted octanol–water partition coefficient (Wildman–Crippen LogP) is 7.15. The summed E-state index contributed by atoms with van der Waals surface area (Å²) in [5.41, 5.74) is 2.94. The Morgan fingerprint density at radius 3 is 1.66 bits per heavy atom. The molecule has 3 heteroatoms. The predicted molar refractivity (Wildman–Crippen MR) is 120 cm³/mol. The van der Waals surface area contributed by atoms with Crippen molar-refractivity contribution in [2.75, 3.05) is 19.8 Å². The number of hydrogen-bond acceptors (Lipinski definition) is 3. The van der Waals surface area contributed by atoms with Gasteiger partial charge in [-0.25, -0.2) is 0 Å². The molecular weight excluding hydrogens is 358 g/mol. The summed E-state index contributed by atoms with van der Waals surface area (Å²) in [5, 5.41) is 8.88. The third-order valence-corrected chi connectivity index (χ3v) is 5.11. The highest BCUT2D eigenvalue weighted by Crippen LogP contribution is 2.23. The van der Waals surface area contributed by atoms with E-state index in [-0.39, 0.29) is 0 Å². The lowest BCUT2D eigenvalue weighted by Crippen LogP contribution is -1.97. The maximum atomic E-state index is 8.88. The molecule has 0 aromatic heterocycles. The van der Waals surface area contributed by atoms with Gasteiger partial charge in [0.1, 0.15) is 5.75 Å². The Morgan fingerprint density at radius 2 is 1.14 bits per heavy atom. The standard InChI is InChI=1S/C26H35NO2/c1-2-28-20-10-8-6-4-3-5-7-9-11-21-29-26-18-16-25(17-19-26)24-14-12-23(22-27)13-15-24/h12-19H,2-11,20-21H2,1H3. The van der Waals surface area contributed by atoms with Gasteiger partial charge in [-0.1, -0.05) is 69.2 Å². The van der Waals surface area contributed by atoms with Crippen LogP contribution in [0.5, 0.6) is 5.75 Å². The Kier molecular flexibility index (Phi) is 11.6. The normalized spacial score (nSPS) is 10.6. The van der Waals surface area contributed by atoms with Gasteiger partial charge in [0.15, 0.2) is 0 Å². The molecule has 0 fully saturated rings. The monoisotopic (exact) mass is 393 g/mol. The Balaban J connectivity index is 1.50. The molecule has 0 aliphatic rings. The van der Waals surface area contributed by atoms with Crippen LogP contribution in [0.3, 0.4) is 0 Å². The van der Waals surface area contributed by atoms with Gasteiger partial charge in [-0.05, 0) is 55.2 Å². The van der Waals surface area contributed by atoms with E-state index in [1.807, 2.05) is 36.4 Å². The van der Waals surface area contributed by atoms with Crippen LogP contribution in [0.1, 0.15) is 70.3 Å². The zero-order valence-electron chi connectivity index (χ0n) is 17.9. The smallest absolute Gasteiger partial charge is 0.119 e. The van der Waals surface area contributed by atoms with Crippen LogP contribution < -0.4 is 4.74 Å². The van der Waals surface area contributed by atoms with Gasteiger partial charge in [-0.2, -0.15) is 5.26 Å². The van der Waals surface area contributed by atoms with E-state index in [9.17, 15) is 0 Å². The molecule has 0 radical (unpaired) electrons. The van der Waals surface area contributed by atoms with Crippen molar-refractivity contribution < 1.29 is 9.47 Å². The lowest BCUT2D eigenvalue weighted by Gasteiger charge is -2.08. The minimum atomic E-state index is 0.686. The van der Waals surface area contributed by atoms with E-state index >= 15 is 0 Å². The molecular formula is C26H35NO2. The minimum Gasteiger partial charge on any atom is -0.494 e. The van der Waals surface area contributed by atoms with Crippen LogP contribution >= 0.6 is 0 Å². The highest BCUT2D eigenvalue weighted by Gasteiger charge is 2.00. The van der Waals surface area contributed by atoms with Crippen molar-refractivity contribution in [1.29, 1.82) is 5.26 Å². The third kappa shape index (κ3) is 9.63. The van der Waals surface area contributed by atoms with Crippen molar-refractivity contribution in [1.82, 2.24) is 0 Å². The Morgan fingerprint density at radius 1 is 0.655 bits per heavy atom. The van der Waals surface area contributed by atoms with Crippen LogP contribution in [0.25, 0.3) is 11.1 Å². The number of hydrogen-bond donors (Lipinski definition) is 0. The first-order valence-electron chi connectivity index (χ1n) is 11.1. The summed E-state index contributed by atoms with van der Waals surface area (Å²) in [6.07, 6.45) is 11.6. The molecule has 0 N–H and O–H groups in total. The van der Waals surface area contributed by atoms with E-state index in [1.54, 1.807) is 0 Å². The second-order valence-electron chi connectivity index (χ2n) is 7.44. The molecule has 3 nitrogen and oxygen atoms in total. The highest BCUT2D eigenvalue weighted by atomic mass is 16.5. The molecule has 0 aliphatic heterocycles. The van der Waals surface area contributed by atoms with Gasteiger partial charge in [-0.3, -0.25) is 0 Å². The summed E-state index contributed by atoms with van der Waals surface area (Å²) < 4.78 is 11.2. The molecule has 0 spiro atoms. The highest BCUT2D eigenvalue weighted by molar-refractivity contribution is 5.64. The fourth-order valence-corrected chi connectivity index (χ4v) is 3.36. The number of benzene rings is 2. The summed E-state index contributed by atoms with van der Waals surface area (Å²) in [7, 11) is 0. The maximum absolute atomic E-state index is 8.88. The van der Waals surface area contributed by atoms with Crippen LogP contribution in [0.4, 0.5) is 0 Å². The SMILES string of the molecule is CCOCCCCCCCCCCCOc1ccc(-c2ccc(C#N)cc2)cc1. The molecule has 0 heterocycles. The molecule has 2 rings (SSSR count). The summed E-state index contributed by atoms with van der Waals surface area (Å²) in [5.74, 6) is 0.925. The van der Waals surface area contributed by atoms with Crippen LogP contribution in [0, 0.1) is 11.3 Å². The molecule has 0 bridgehead atoms. The minimum absolute atomic E-state index is 0.686. The largest absolute Gasteiger partial charge is 0.494 e. The van der Waals surface area contributed by atoms with Gasteiger partial charge >= 0.3 is 0 Å². The zero-order valence-corrected chi connectivity index (χ0v) is 17.9. The molecule has 2 aromatic carbocycles. The maximum Gasteiger partial charge on any atom is 0.119 e. The summed E-state index contributed by atoms with van der Waals surface area (Å²) >= 11 is 0. The van der Waals surface area contributed by atoms with Crippen molar-refractivity contribution in [3.63, 3.8) is 0 Å². The third-order valence-electron chi connectivity index (χ3n) is 5.11. The van der Waals surface area contributed by atoms with E-state index in [2.05, 4.69) is 25.1 Å². The van der Waals surface area contributed by atoms with Crippen LogP contribution in [0.2, 0.25) is 0 Å². The second-order valence-corrected chi connectivity index (χ2v) is 7.44. The summed E-state index contributed by atoms with van der Waals surface area (Å²) in [4.78, 5) is 0. The van der Waals surface area contributed by atoms with Crippen LogP contribution in [0.15, 0.2) is 48.5 Å². The zero-order chi connectivity index (χ0) is 20.6. The average molecular weight is 394 g/mol. The molecule has 29 heavy (non-hydrogen) atoms. The molecule has 0 saturated carbocycles. The quantitative estimate of drug-likeness (QED) is 0.302. The number of ether oxygens (including phenoxy) is 2. The number of unbranched alkanes of at least 4 members (excludes halogenated alkanes) is 8. The molecule has 156 valence electrons. The fraction of sp³-hybridized carbons (Fsp3) is 0.500. The van der Waals surface area contributed by atoms with Gasteiger partial charge in [0.25, 0.3) is 0 Å². The van der Waals surface area contributed by atoms with Crippen molar-refractivity contribution in [2.45, 2.75) is 64.7 Å². The average Bonchev–Trinajstić information content (AvgIpc) is 2.77. The van der Waals surface area contributed by atoms with Gasteiger partial charge in [0.2, 0.25) is 0 Å². The molecule has 0 atom stereocenters. The van der Waals surface area contributed by atoms with Crippen molar-refractivity contribution in [3.05, 3.63) is 54.1 Å². The summed E-state index contributed by atoms with van der Waals surface area (Å²) in [6.45, 7) is 4.61. The first-order valence-corrected chi connectivity index (χ1v) is 11.1. The first-order chi connectivity index (χ1) is 14.3. The van der Waals surface area contributed by atoms with E-state index < -0.39 is 0 Å². The summed E-state index contributed by atoms with van der Waals surface area (Å²) in [6, 6.07) is 18.0. The first kappa shape index (κ1) is 23.0. The molecule has 0 amide bonds. The van der Waals surface area contributed by atoms with Crippen molar-refractivity contribution in [3.8, 4) is 22.9 Å². The van der Waals surface area contributed by atoms with E-state index in [4.69, 9.17) is 14.7 Å². The van der Waals surface area contributed by atoms with E-state index in [0.717, 1.165) is 43.1 Å². The lowest BCUT2D eigenvalue weighted by molar-refractivity contribution is 0.143. The second kappa shape index (κ2) is 14.7. The Labute approximate surface area is 176 Å². The van der Waals surface area contributed by atoms with Gasteiger partial charge in [-0.15, -0.1) is 0 Å². The van der Waals surface area contributed by atoms with E-state index in [1.165, 1.54) is 51.4 Å². The van der Waals surface area contributed by atoms with Crippen LogP contribution in [-0.4, -0.2) is 19.8 Å². The van der Waals surface area contributed by atoms with Gasteiger partial charge < -0.3 is 9.47 Å². The topological polar surface area (TPSA) is 42.2 Å². The number of nitriles is 1. The lowest BCUT2D eigenvalue weighted by atomic mass is 10.0. The fourth-order valence-electron chi connectivity index (χ4n) is 3.36. The number of nitrogens with zero attached hydrogens (tertiary/aromatic N) is 1. The molecule has 0 aliphatic carbocycles. The van der Waals surface area contributed by atoms with Crippen molar-refractivity contribution >= 4 is 0 Å². The Bertz CT molecular complexity index is 701. The molecule has 2 aromatic rings. The molecule has 0 saturated heterocycles. The van der Waals surface area contributed by atoms with Crippen LogP contribution in [-0.2, 0) is 4.74 Å². The Hall–Kier alpha value is -2.31. The van der Waals surface area contributed by atoms with Crippen molar-refractivity contribution in [2.24, 2.45) is 0 Å². The number of rotatable bonds is 15. The molecule has 0 unspecified atom stereocenters. The van der Waals surface area contributed by atoms with Gasteiger partial charge in [0, 0.05) is 13.2 Å². The van der Waals surface area contributed by atoms with E-state index in [0.29, 0.717) is 5.56 Å². The van der Waals surface area contributed by atoms with Gasteiger partial charge in [0.05, 0.1) is 18.2 Å².